The minimum atomic E-state index is -3.29. The van der Waals surface area contributed by atoms with E-state index in [2.05, 4.69) is 23.4 Å². The smallest absolute Gasteiger partial charge is 0.177 e. The minimum Gasteiger partial charge on any atom is -0.324 e. The third-order valence-corrected chi connectivity index (χ3v) is 5.56. The number of hydrogen-bond acceptors (Lipinski definition) is 3. The van der Waals surface area contributed by atoms with Crippen molar-refractivity contribution < 1.29 is 8.42 Å². The summed E-state index contributed by atoms with van der Waals surface area (Å²) in [5, 5.41) is 0. The predicted molar refractivity (Wildman–Crippen MR) is 84.7 cm³/mol. The van der Waals surface area contributed by atoms with E-state index in [1.165, 1.54) is 6.26 Å². The number of rotatable bonds is 4. The number of aryl methyl sites for hydroxylation is 1. The van der Waals surface area contributed by atoms with Crippen LogP contribution >= 0.6 is 11.6 Å². The summed E-state index contributed by atoms with van der Waals surface area (Å²) in [6, 6.07) is 5.73. The fourth-order valence-electron chi connectivity index (χ4n) is 2.93. The molecule has 1 saturated carbocycles. The van der Waals surface area contributed by atoms with Gasteiger partial charge in [0.05, 0.1) is 10.4 Å². The fourth-order valence-corrected chi connectivity index (χ4v) is 3.92. The van der Waals surface area contributed by atoms with Crippen LogP contribution in [0.4, 0.5) is 0 Å². The van der Waals surface area contributed by atoms with Gasteiger partial charge in [-0.25, -0.2) is 13.4 Å². The summed E-state index contributed by atoms with van der Waals surface area (Å²) in [6.07, 6.45) is 2.95. The topological polar surface area (TPSA) is 52.0 Å². The molecule has 21 heavy (non-hydrogen) atoms. The Morgan fingerprint density at radius 3 is 2.62 bits per heavy atom. The lowest BCUT2D eigenvalue weighted by Gasteiger charge is -2.10. The maximum atomic E-state index is 12.0. The van der Waals surface area contributed by atoms with E-state index in [1.54, 1.807) is 12.1 Å². The van der Waals surface area contributed by atoms with Gasteiger partial charge in [0.15, 0.2) is 9.84 Å². The molecule has 1 aromatic carbocycles. The first-order valence-electron chi connectivity index (χ1n) is 7.01. The van der Waals surface area contributed by atoms with Crippen molar-refractivity contribution in [2.24, 2.45) is 5.41 Å². The Morgan fingerprint density at radius 1 is 1.43 bits per heavy atom. The highest BCUT2D eigenvalue weighted by atomic mass is 35.5. The van der Waals surface area contributed by atoms with E-state index in [0.717, 1.165) is 17.8 Å². The lowest BCUT2D eigenvalue weighted by Crippen LogP contribution is -2.06. The molecule has 6 heteroatoms. The molecule has 0 spiro atoms. The Balaban J connectivity index is 2.28. The number of nitrogens with zero attached hydrogens (tertiary/aromatic N) is 2. The van der Waals surface area contributed by atoms with Crippen LogP contribution in [0.2, 0.25) is 0 Å². The zero-order valence-electron chi connectivity index (χ0n) is 12.4. The van der Waals surface area contributed by atoms with Crippen LogP contribution in [0.3, 0.4) is 0 Å². The van der Waals surface area contributed by atoms with Crippen molar-refractivity contribution in [1.82, 2.24) is 9.55 Å². The maximum Gasteiger partial charge on any atom is 0.177 e. The van der Waals surface area contributed by atoms with Gasteiger partial charge in [-0.15, -0.1) is 11.6 Å². The summed E-state index contributed by atoms with van der Waals surface area (Å²) in [5.74, 6) is 1.36. The van der Waals surface area contributed by atoms with Crippen molar-refractivity contribution >= 4 is 32.5 Å². The molecule has 1 atom stereocenters. The van der Waals surface area contributed by atoms with Crippen LogP contribution in [0.5, 0.6) is 0 Å². The third-order valence-electron chi connectivity index (χ3n) is 4.25. The molecule has 4 nitrogen and oxygen atoms in total. The Kier molecular flexibility index (Phi) is 3.33. The highest BCUT2D eigenvalue weighted by Crippen LogP contribution is 2.56. The third kappa shape index (κ3) is 2.46. The van der Waals surface area contributed by atoms with Crippen LogP contribution in [0.1, 0.15) is 32.1 Å². The molecule has 3 rings (SSSR count). The first-order chi connectivity index (χ1) is 9.75. The van der Waals surface area contributed by atoms with Crippen molar-refractivity contribution in [1.29, 1.82) is 0 Å². The van der Waals surface area contributed by atoms with Crippen molar-refractivity contribution in [2.45, 2.75) is 37.6 Å². The van der Waals surface area contributed by atoms with E-state index in [4.69, 9.17) is 11.6 Å². The van der Waals surface area contributed by atoms with Crippen LogP contribution in [-0.2, 0) is 16.3 Å². The molecule has 0 amide bonds. The summed E-state index contributed by atoms with van der Waals surface area (Å²) in [7, 11) is -3.29. The summed E-state index contributed by atoms with van der Waals surface area (Å²) in [5.41, 5.74) is 1.70. The second kappa shape index (κ2) is 4.71. The first kappa shape index (κ1) is 14.9. The number of alkyl halides is 1. The van der Waals surface area contributed by atoms with E-state index in [9.17, 15) is 8.42 Å². The van der Waals surface area contributed by atoms with Gasteiger partial charge in [0.25, 0.3) is 0 Å². The van der Waals surface area contributed by atoms with Crippen molar-refractivity contribution in [3.8, 4) is 0 Å². The number of para-hydroxylation sites is 1. The normalized spacial score (nSPS) is 20.9. The standard InChI is InChI=1S/C15H19ClN2O2S/c1-15(2)9-12(15)18-10-5-4-6-11(21(3,19)20)14(10)17-13(18)7-8-16/h4-6,12H,7-9H2,1-3H3. The van der Waals surface area contributed by atoms with Gasteiger partial charge in [0.1, 0.15) is 11.3 Å². The van der Waals surface area contributed by atoms with Crippen LogP contribution in [0.25, 0.3) is 11.0 Å². The van der Waals surface area contributed by atoms with Crippen LogP contribution < -0.4 is 0 Å². The molecule has 1 unspecified atom stereocenters. The largest absolute Gasteiger partial charge is 0.324 e. The van der Waals surface area contributed by atoms with Gasteiger partial charge in [-0.3, -0.25) is 0 Å². The molecule has 114 valence electrons. The molecule has 1 aliphatic carbocycles. The van der Waals surface area contributed by atoms with Crippen LogP contribution in [-0.4, -0.2) is 30.1 Å². The van der Waals surface area contributed by atoms with Gasteiger partial charge in [-0.2, -0.15) is 0 Å². The highest BCUT2D eigenvalue weighted by Gasteiger charge is 2.48. The lowest BCUT2D eigenvalue weighted by atomic mass is 10.2. The Hall–Kier alpha value is -1.07. The molecule has 0 radical (unpaired) electrons. The molecule has 0 N–H and O–H groups in total. The van der Waals surface area contributed by atoms with E-state index < -0.39 is 9.84 Å². The number of benzene rings is 1. The molecule has 1 aliphatic rings. The van der Waals surface area contributed by atoms with Crippen molar-refractivity contribution in [3.63, 3.8) is 0 Å². The maximum absolute atomic E-state index is 12.0. The van der Waals surface area contributed by atoms with Gasteiger partial charge in [-0.1, -0.05) is 19.9 Å². The van der Waals surface area contributed by atoms with Crippen LogP contribution in [0, 0.1) is 5.41 Å². The fraction of sp³-hybridized carbons (Fsp3) is 0.533. The van der Waals surface area contributed by atoms with Gasteiger partial charge < -0.3 is 4.57 Å². The van der Waals surface area contributed by atoms with Gasteiger partial charge in [0.2, 0.25) is 0 Å². The predicted octanol–water partition coefficient (Wildman–Crippen LogP) is 3.19. The van der Waals surface area contributed by atoms with Crippen molar-refractivity contribution in [2.75, 3.05) is 12.1 Å². The number of halogens is 1. The van der Waals surface area contributed by atoms with Gasteiger partial charge in [-0.05, 0) is 24.0 Å². The number of hydrogen-bond donors (Lipinski definition) is 0. The summed E-state index contributed by atoms with van der Waals surface area (Å²) >= 11 is 5.89. The number of aromatic nitrogens is 2. The Morgan fingerprint density at radius 2 is 2.10 bits per heavy atom. The van der Waals surface area contributed by atoms with E-state index >= 15 is 0 Å². The molecule has 1 aromatic heterocycles. The Labute approximate surface area is 130 Å². The SMILES string of the molecule is CC1(C)CC1n1c(CCCl)nc2c(S(C)(=O)=O)cccc21. The minimum absolute atomic E-state index is 0.232. The van der Waals surface area contributed by atoms with Gasteiger partial charge in [0, 0.05) is 24.6 Å². The zero-order chi connectivity index (χ0) is 15.4. The average Bonchev–Trinajstić information content (AvgIpc) is 2.84. The second-order valence-corrected chi connectivity index (χ2v) is 8.80. The molecule has 2 aromatic rings. The summed E-state index contributed by atoms with van der Waals surface area (Å²) in [4.78, 5) is 4.89. The molecular weight excluding hydrogens is 308 g/mol. The molecule has 0 bridgehead atoms. The monoisotopic (exact) mass is 326 g/mol. The van der Waals surface area contributed by atoms with Crippen molar-refractivity contribution in [3.05, 3.63) is 24.0 Å². The van der Waals surface area contributed by atoms with E-state index in [0.29, 0.717) is 28.8 Å². The molecule has 0 saturated heterocycles. The lowest BCUT2D eigenvalue weighted by molar-refractivity contribution is 0.537. The average molecular weight is 327 g/mol. The van der Waals surface area contributed by atoms with Crippen LogP contribution in [0.15, 0.2) is 23.1 Å². The Bertz CT molecular complexity index is 808. The number of imidazole rings is 1. The zero-order valence-corrected chi connectivity index (χ0v) is 14.0. The second-order valence-electron chi connectivity index (χ2n) is 6.44. The number of fused-ring (bicyclic) bond motifs is 1. The number of sulfone groups is 1. The highest BCUT2D eigenvalue weighted by molar-refractivity contribution is 7.91. The van der Waals surface area contributed by atoms with E-state index in [1.807, 2.05) is 6.07 Å². The summed E-state index contributed by atoms with van der Waals surface area (Å²) < 4.78 is 26.1. The molecular formula is C15H19ClN2O2S. The first-order valence-corrected chi connectivity index (χ1v) is 9.44. The summed E-state index contributed by atoms with van der Waals surface area (Å²) in [6.45, 7) is 4.43. The quantitative estimate of drug-likeness (QED) is 0.811. The molecule has 1 heterocycles. The van der Waals surface area contributed by atoms with Gasteiger partial charge >= 0.3 is 0 Å². The van der Waals surface area contributed by atoms with E-state index in [-0.39, 0.29) is 5.41 Å². The molecule has 0 aliphatic heterocycles. The molecule has 1 fully saturated rings.